The molecule has 146 valence electrons. The summed E-state index contributed by atoms with van der Waals surface area (Å²) in [6.07, 6.45) is 5.26. The normalized spacial score (nSPS) is 16.1. The van der Waals surface area contributed by atoms with Gasteiger partial charge >= 0.3 is 6.03 Å². The van der Waals surface area contributed by atoms with Gasteiger partial charge in [-0.2, -0.15) is 0 Å². The fourth-order valence-electron chi connectivity index (χ4n) is 3.13. The van der Waals surface area contributed by atoms with Crippen LogP contribution in [0, 0.1) is 0 Å². The quantitative estimate of drug-likeness (QED) is 0.648. The van der Waals surface area contributed by atoms with Crippen LogP contribution < -0.4 is 10.6 Å². The minimum absolute atomic E-state index is 0.126. The lowest BCUT2D eigenvalue weighted by Gasteiger charge is -2.13. The van der Waals surface area contributed by atoms with Crippen LogP contribution in [0.1, 0.15) is 24.0 Å². The van der Waals surface area contributed by atoms with E-state index in [9.17, 15) is 14.4 Å². The Morgan fingerprint density at radius 1 is 1.04 bits per heavy atom. The first-order valence-corrected chi connectivity index (χ1v) is 9.45. The summed E-state index contributed by atoms with van der Waals surface area (Å²) in [5.74, 6) is -0.385. The van der Waals surface area contributed by atoms with Crippen molar-refractivity contribution < 1.29 is 14.4 Å². The maximum atomic E-state index is 12.5. The van der Waals surface area contributed by atoms with E-state index >= 15 is 0 Å². The highest BCUT2D eigenvalue weighted by molar-refractivity contribution is 6.04. The van der Waals surface area contributed by atoms with E-state index in [0.29, 0.717) is 25.9 Å². The maximum Gasteiger partial charge on any atom is 0.324 e. The third-order valence-electron chi connectivity index (χ3n) is 4.72. The van der Waals surface area contributed by atoms with Gasteiger partial charge in [-0.05, 0) is 42.5 Å². The monoisotopic (exact) mass is 380 g/mol. The fraction of sp³-hybridized carbons (Fsp3) is 0.333. The highest BCUT2D eigenvalue weighted by Crippen LogP contribution is 2.12. The topological polar surface area (TPSA) is 91.4 Å². The predicted octanol–water partition coefficient (Wildman–Crippen LogP) is 1.68. The number of hydrogen-bond donors (Lipinski definition) is 2. The van der Waals surface area contributed by atoms with Gasteiger partial charge in [0.15, 0.2) is 0 Å². The number of pyridine rings is 1. The van der Waals surface area contributed by atoms with Crippen LogP contribution in [0.3, 0.4) is 0 Å². The van der Waals surface area contributed by atoms with E-state index in [-0.39, 0.29) is 24.3 Å². The van der Waals surface area contributed by atoms with Crippen LogP contribution in [0.5, 0.6) is 0 Å². The average Bonchev–Trinajstić information content (AvgIpc) is 2.99. The Balaban J connectivity index is 1.39. The Bertz CT molecular complexity index is 811. The lowest BCUT2D eigenvalue weighted by Crippen LogP contribution is -2.34. The maximum absolute atomic E-state index is 12.5. The highest BCUT2D eigenvalue weighted by Gasteiger charge is 2.37. The number of nitrogens with one attached hydrogen (secondary N) is 2. The van der Waals surface area contributed by atoms with Crippen molar-refractivity contribution in [1.29, 1.82) is 0 Å². The number of amides is 4. The van der Waals surface area contributed by atoms with Gasteiger partial charge in [0.05, 0.1) is 0 Å². The number of imide groups is 1. The molecule has 2 aromatic rings. The second-order valence-corrected chi connectivity index (χ2v) is 6.72. The molecule has 1 unspecified atom stereocenters. The second-order valence-electron chi connectivity index (χ2n) is 6.72. The highest BCUT2D eigenvalue weighted by atomic mass is 16.2. The van der Waals surface area contributed by atoms with Gasteiger partial charge in [-0.3, -0.25) is 19.5 Å². The molecule has 1 aromatic carbocycles. The van der Waals surface area contributed by atoms with Crippen molar-refractivity contribution in [2.75, 3.05) is 13.1 Å². The van der Waals surface area contributed by atoms with Gasteiger partial charge in [-0.25, -0.2) is 4.79 Å². The molecular weight excluding hydrogens is 356 g/mol. The number of rotatable bonds is 9. The molecule has 28 heavy (non-hydrogen) atoms. The first-order valence-electron chi connectivity index (χ1n) is 9.45. The lowest BCUT2D eigenvalue weighted by molar-refractivity contribution is -0.127. The van der Waals surface area contributed by atoms with Crippen LogP contribution >= 0.6 is 0 Å². The van der Waals surface area contributed by atoms with Crippen LogP contribution in [0.2, 0.25) is 0 Å². The molecule has 1 aliphatic rings. The van der Waals surface area contributed by atoms with Crippen molar-refractivity contribution in [2.24, 2.45) is 0 Å². The standard InChI is InChI=1S/C21H24N4O3/c26-19(23-14-10-17-8-12-22-13-9-17)7-6-18-20(27)25(21(28)24-18)15-11-16-4-2-1-3-5-16/h1-5,8-9,12-13,18H,6-7,10-11,14-15H2,(H,23,26)(H,24,28). The van der Waals surface area contributed by atoms with Crippen molar-refractivity contribution in [3.63, 3.8) is 0 Å². The van der Waals surface area contributed by atoms with Crippen LogP contribution in [0.4, 0.5) is 4.79 Å². The van der Waals surface area contributed by atoms with Crippen LogP contribution in [-0.4, -0.2) is 46.9 Å². The van der Waals surface area contributed by atoms with E-state index in [1.54, 1.807) is 12.4 Å². The number of benzene rings is 1. The van der Waals surface area contributed by atoms with E-state index in [1.165, 1.54) is 4.90 Å². The van der Waals surface area contributed by atoms with Crippen molar-refractivity contribution in [3.05, 3.63) is 66.0 Å². The van der Waals surface area contributed by atoms with Gasteiger partial charge in [0.1, 0.15) is 6.04 Å². The Labute approximate surface area is 164 Å². The summed E-state index contributed by atoms with van der Waals surface area (Å²) in [5, 5.41) is 5.52. The van der Waals surface area contributed by atoms with Gasteiger partial charge in [0.25, 0.3) is 5.91 Å². The molecule has 1 aliphatic heterocycles. The molecule has 0 saturated carbocycles. The molecule has 0 spiro atoms. The van der Waals surface area contributed by atoms with Crippen molar-refractivity contribution in [1.82, 2.24) is 20.5 Å². The lowest BCUT2D eigenvalue weighted by atomic mass is 10.1. The van der Waals surface area contributed by atoms with E-state index in [4.69, 9.17) is 0 Å². The number of urea groups is 1. The molecule has 7 nitrogen and oxygen atoms in total. The number of carbonyl (C=O) groups is 3. The molecule has 4 amide bonds. The van der Waals surface area contributed by atoms with Crippen LogP contribution in [0.25, 0.3) is 0 Å². The van der Waals surface area contributed by atoms with Gasteiger partial charge in [0.2, 0.25) is 5.91 Å². The van der Waals surface area contributed by atoms with Crippen molar-refractivity contribution >= 4 is 17.8 Å². The largest absolute Gasteiger partial charge is 0.356 e. The van der Waals surface area contributed by atoms with Crippen molar-refractivity contribution in [3.8, 4) is 0 Å². The first-order chi connectivity index (χ1) is 13.6. The Hall–Kier alpha value is -3.22. The SMILES string of the molecule is O=C(CCC1NC(=O)N(CCc2ccccc2)C1=O)NCCc1ccncc1. The third kappa shape index (κ3) is 5.39. The molecule has 0 radical (unpaired) electrons. The summed E-state index contributed by atoms with van der Waals surface area (Å²) in [7, 11) is 0. The van der Waals surface area contributed by atoms with Gasteiger partial charge in [-0.15, -0.1) is 0 Å². The minimum Gasteiger partial charge on any atom is -0.356 e. The zero-order chi connectivity index (χ0) is 19.8. The van der Waals surface area contributed by atoms with E-state index in [1.807, 2.05) is 42.5 Å². The number of hydrogen-bond acceptors (Lipinski definition) is 4. The number of aromatic nitrogens is 1. The Kier molecular flexibility index (Phi) is 6.73. The molecule has 3 rings (SSSR count). The smallest absolute Gasteiger partial charge is 0.324 e. The third-order valence-corrected chi connectivity index (χ3v) is 4.72. The summed E-state index contributed by atoms with van der Waals surface area (Å²) >= 11 is 0. The second kappa shape index (κ2) is 9.64. The molecule has 2 heterocycles. The number of carbonyl (C=O) groups excluding carboxylic acids is 3. The molecular formula is C21H24N4O3. The Morgan fingerprint density at radius 2 is 1.75 bits per heavy atom. The molecule has 2 N–H and O–H groups in total. The van der Waals surface area contributed by atoms with Gasteiger partial charge < -0.3 is 10.6 Å². The van der Waals surface area contributed by atoms with Crippen molar-refractivity contribution in [2.45, 2.75) is 31.7 Å². The van der Waals surface area contributed by atoms with Crippen LogP contribution in [0.15, 0.2) is 54.9 Å². The molecule has 0 bridgehead atoms. The summed E-state index contributed by atoms with van der Waals surface area (Å²) < 4.78 is 0. The molecule has 7 heteroatoms. The average molecular weight is 380 g/mol. The summed E-state index contributed by atoms with van der Waals surface area (Å²) in [5.41, 5.74) is 2.17. The van der Waals surface area contributed by atoms with E-state index in [0.717, 1.165) is 17.5 Å². The molecule has 1 fully saturated rings. The predicted molar refractivity (Wildman–Crippen MR) is 104 cm³/mol. The fourth-order valence-corrected chi connectivity index (χ4v) is 3.13. The van der Waals surface area contributed by atoms with E-state index < -0.39 is 6.04 Å². The molecule has 1 saturated heterocycles. The Morgan fingerprint density at radius 3 is 2.50 bits per heavy atom. The van der Waals surface area contributed by atoms with E-state index in [2.05, 4.69) is 15.6 Å². The summed E-state index contributed by atoms with van der Waals surface area (Å²) in [6, 6.07) is 12.5. The molecule has 1 aromatic heterocycles. The first kappa shape index (κ1) is 19.5. The minimum atomic E-state index is -0.630. The zero-order valence-corrected chi connectivity index (χ0v) is 15.6. The van der Waals surface area contributed by atoms with Crippen LogP contribution in [-0.2, 0) is 22.4 Å². The molecule has 0 aliphatic carbocycles. The number of nitrogens with zero attached hydrogens (tertiary/aromatic N) is 2. The molecule has 1 atom stereocenters. The zero-order valence-electron chi connectivity index (χ0n) is 15.6. The van der Waals surface area contributed by atoms with Gasteiger partial charge in [0, 0.05) is 31.9 Å². The summed E-state index contributed by atoms with van der Waals surface area (Å²) in [4.78, 5) is 41.7. The summed E-state index contributed by atoms with van der Waals surface area (Å²) in [6.45, 7) is 0.861. The van der Waals surface area contributed by atoms with Gasteiger partial charge in [-0.1, -0.05) is 30.3 Å².